The molecular formula is C20H22N4OS. The molecule has 1 saturated carbocycles. The van der Waals surface area contributed by atoms with Gasteiger partial charge in [0.1, 0.15) is 22.7 Å². The zero-order valence-electron chi connectivity index (χ0n) is 14.8. The smallest absolute Gasteiger partial charge is 0.138 e. The molecule has 5 rings (SSSR count). The second kappa shape index (κ2) is 6.52. The van der Waals surface area contributed by atoms with Crippen LogP contribution in [0.4, 0.5) is 5.82 Å². The fraction of sp³-hybridized carbons (Fsp3) is 0.400. The Hall–Kier alpha value is -2.18. The first-order valence-corrected chi connectivity index (χ1v) is 10.1. The highest BCUT2D eigenvalue weighted by Crippen LogP contribution is 2.43. The van der Waals surface area contributed by atoms with Gasteiger partial charge in [-0.15, -0.1) is 11.3 Å². The van der Waals surface area contributed by atoms with E-state index < -0.39 is 0 Å². The molecule has 2 atom stereocenters. The molecule has 1 aliphatic heterocycles. The fourth-order valence-corrected chi connectivity index (χ4v) is 4.85. The van der Waals surface area contributed by atoms with Crippen LogP contribution < -0.4 is 10.1 Å². The van der Waals surface area contributed by atoms with Crippen molar-refractivity contribution in [2.75, 3.05) is 19.0 Å². The number of nitrogens with zero attached hydrogens (tertiary/aromatic N) is 3. The summed E-state index contributed by atoms with van der Waals surface area (Å²) < 4.78 is 5.47. The van der Waals surface area contributed by atoms with E-state index in [4.69, 9.17) is 4.74 Å². The molecule has 0 radical (unpaired) electrons. The van der Waals surface area contributed by atoms with Gasteiger partial charge in [0.15, 0.2) is 0 Å². The van der Waals surface area contributed by atoms with Crippen molar-refractivity contribution < 1.29 is 4.74 Å². The molecule has 2 aromatic heterocycles. The number of fused-ring (bicyclic) bond motifs is 1. The summed E-state index contributed by atoms with van der Waals surface area (Å²) in [6.07, 6.45) is 5.41. The second-order valence-electron chi connectivity index (χ2n) is 7.09. The van der Waals surface area contributed by atoms with Crippen LogP contribution in [0, 0.1) is 0 Å². The largest absolute Gasteiger partial charge is 0.497 e. The number of nitrogens with one attached hydrogen (secondary N) is 1. The predicted molar refractivity (Wildman–Crippen MR) is 105 cm³/mol. The summed E-state index contributed by atoms with van der Waals surface area (Å²) in [6.45, 7) is 1.13. The summed E-state index contributed by atoms with van der Waals surface area (Å²) in [5, 5.41) is 6.94. The van der Waals surface area contributed by atoms with Gasteiger partial charge in [-0.3, -0.25) is 4.90 Å². The van der Waals surface area contributed by atoms with Crippen LogP contribution in [0.15, 0.2) is 42.0 Å². The lowest BCUT2D eigenvalue weighted by molar-refractivity contribution is 0.240. The van der Waals surface area contributed by atoms with Crippen molar-refractivity contribution in [3.05, 3.63) is 47.6 Å². The van der Waals surface area contributed by atoms with Crippen LogP contribution >= 0.6 is 11.3 Å². The van der Waals surface area contributed by atoms with Crippen LogP contribution in [0.5, 0.6) is 5.75 Å². The molecule has 1 aromatic carbocycles. The Bertz CT molecular complexity index is 923. The van der Waals surface area contributed by atoms with E-state index in [9.17, 15) is 0 Å². The molecule has 26 heavy (non-hydrogen) atoms. The van der Waals surface area contributed by atoms with Crippen molar-refractivity contribution in [1.29, 1.82) is 0 Å². The van der Waals surface area contributed by atoms with Crippen LogP contribution in [0.25, 0.3) is 10.2 Å². The minimum Gasteiger partial charge on any atom is -0.497 e. The number of thiophene rings is 1. The lowest BCUT2D eigenvalue weighted by Gasteiger charge is -2.29. The van der Waals surface area contributed by atoms with Gasteiger partial charge in [0.2, 0.25) is 0 Å². The Labute approximate surface area is 157 Å². The number of aromatic nitrogens is 2. The first-order valence-electron chi connectivity index (χ1n) is 9.18. The van der Waals surface area contributed by atoms with Gasteiger partial charge in [-0.25, -0.2) is 9.97 Å². The number of hydrogen-bond acceptors (Lipinski definition) is 6. The molecule has 2 fully saturated rings. The molecule has 0 bridgehead atoms. The first-order chi connectivity index (χ1) is 12.8. The average molecular weight is 366 g/mol. The number of anilines is 1. The van der Waals surface area contributed by atoms with Crippen molar-refractivity contribution >= 4 is 27.4 Å². The maximum absolute atomic E-state index is 5.47. The third kappa shape index (κ3) is 2.83. The van der Waals surface area contributed by atoms with Crippen molar-refractivity contribution in [2.45, 2.75) is 37.4 Å². The van der Waals surface area contributed by atoms with E-state index in [1.807, 2.05) is 6.07 Å². The van der Waals surface area contributed by atoms with Crippen molar-refractivity contribution in [2.24, 2.45) is 0 Å². The van der Waals surface area contributed by atoms with Gasteiger partial charge >= 0.3 is 0 Å². The molecule has 1 N–H and O–H groups in total. The second-order valence-corrected chi connectivity index (χ2v) is 7.99. The summed E-state index contributed by atoms with van der Waals surface area (Å²) in [7, 11) is 1.73. The molecule has 1 aliphatic carbocycles. The highest BCUT2D eigenvalue weighted by atomic mass is 32.1. The number of hydrogen-bond donors (Lipinski definition) is 1. The normalized spacial score (nSPS) is 23.4. The van der Waals surface area contributed by atoms with E-state index in [1.165, 1.54) is 18.4 Å². The summed E-state index contributed by atoms with van der Waals surface area (Å²) in [4.78, 5) is 12.6. The first kappa shape index (κ1) is 16.0. The van der Waals surface area contributed by atoms with E-state index in [2.05, 4.69) is 49.8 Å². The highest BCUT2D eigenvalue weighted by Gasteiger charge is 2.43. The minimum atomic E-state index is 0.334. The molecule has 1 saturated heterocycles. The average Bonchev–Trinajstić information content (AvgIpc) is 3.25. The Morgan fingerprint density at radius 2 is 2.12 bits per heavy atom. The van der Waals surface area contributed by atoms with E-state index in [1.54, 1.807) is 24.8 Å². The summed E-state index contributed by atoms with van der Waals surface area (Å²) in [5.74, 6) is 1.87. The monoisotopic (exact) mass is 366 g/mol. The standard InChI is InChI=1S/C20H22N4OS/c1-25-15-4-2-3-13(11-15)18-17(7-9-24(18)14-5-6-14)23-19-16-8-10-26-20(16)22-12-21-19/h2-4,8,10-12,14,17-18H,5-7,9H2,1H3,(H,21,22,23). The Balaban J connectivity index is 1.49. The van der Waals surface area contributed by atoms with Gasteiger partial charge in [-0.2, -0.15) is 0 Å². The van der Waals surface area contributed by atoms with E-state index in [-0.39, 0.29) is 0 Å². The molecule has 0 spiro atoms. The fourth-order valence-electron chi connectivity index (χ4n) is 4.11. The highest BCUT2D eigenvalue weighted by molar-refractivity contribution is 7.16. The van der Waals surface area contributed by atoms with Gasteiger partial charge < -0.3 is 10.1 Å². The van der Waals surface area contributed by atoms with E-state index >= 15 is 0 Å². The van der Waals surface area contributed by atoms with E-state index in [0.717, 1.165) is 40.8 Å². The van der Waals surface area contributed by atoms with Crippen LogP contribution in [-0.2, 0) is 0 Å². The van der Waals surface area contributed by atoms with E-state index in [0.29, 0.717) is 12.1 Å². The third-order valence-electron chi connectivity index (χ3n) is 5.47. The zero-order chi connectivity index (χ0) is 17.5. The van der Waals surface area contributed by atoms with Crippen LogP contribution in [0.2, 0.25) is 0 Å². The predicted octanol–water partition coefficient (Wildman–Crippen LogP) is 4.09. The number of rotatable bonds is 5. The molecule has 3 heterocycles. The molecular weight excluding hydrogens is 344 g/mol. The van der Waals surface area contributed by atoms with Crippen molar-refractivity contribution in [3.8, 4) is 5.75 Å². The Kier molecular flexibility index (Phi) is 4.02. The quantitative estimate of drug-likeness (QED) is 0.737. The maximum atomic E-state index is 5.47. The van der Waals surface area contributed by atoms with Gasteiger partial charge in [0.05, 0.1) is 18.5 Å². The molecule has 2 aliphatic rings. The summed E-state index contributed by atoms with van der Waals surface area (Å²) >= 11 is 1.66. The van der Waals surface area contributed by atoms with Crippen LogP contribution in [0.1, 0.15) is 30.9 Å². The topological polar surface area (TPSA) is 50.3 Å². The lowest BCUT2D eigenvalue weighted by Crippen LogP contribution is -2.33. The molecule has 6 heteroatoms. The molecule has 3 aromatic rings. The van der Waals surface area contributed by atoms with Gasteiger partial charge in [0.25, 0.3) is 0 Å². The molecule has 2 unspecified atom stereocenters. The summed E-state index contributed by atoms with van der Waals surface area (Å²) in [6, 6.07) is 12.0. The van der Waals surface area contributed by atoms with Crippen LogP contribution in [0.3, 0.4) is 0 Å². The Morgan fingerprint density at radius 3 is 2.96 bits per heavy atom. The minimum absolute atomic E-state index is 0.334. The number of ether oxygens (including phenoxy) is 1. The third-order valence-corrected chi connectivity index (χ3v) is 6.29. The molecule has 0 amide bonds. The number of benzene rings is 1. The number of likely N-dealkylation sites (tertiary alicyclic amines) is 1. The Morgan fingerprint density at radius 1 is 1.19 bits per heavy atom. The van der Waals surface area contributed by atoms with Crippen LogP contribution in [-0.4, -0.2) is 40.6 Å². The van der Waals surface area contributed by atoms with Gasteiger partial charge in [-0.1, -0.05) is 12.1 Å². The summed E-state index contributed by atoms with van der Waals surface area (Å²) in [5.41, 5.74) is 1.32. The molecule has 5 nitrogen and oxygen atoms in total. The van der Waals surface area contributed by atoms with Gasteiger partial charge in [0, 0.05) is 18.6 Å². The zero-order valence-corrected chi connectivity index (χ0v) is 15.6. The number of methoxy groups -OCH3 is 1. The van der Waals surface area contributed by atoms with Gasteiger partial charge in [-0.05, 0) is 48.4 Å². The maximum Gasteiger partial charge on any atom is 0.138 e. The lowest BCUT2D eigenvalue weighted by atomic mass is 9.99. The van der Waals surface area contributed by atoms with Crippen molar-refractivity contribution in [3.63, 3.8) is 0 Å². The van der Waals surface area contributed by atoms with Crippen molar-refractivity contribution in [1.82, 2.24) is 14.9 Å². The SMILES string of the molecule is COc1cccc(C2C(Nc3ncnc4sccc34)CCN2C2CC2)c1. The molecule has 134 valence electrons.